The summed E-state index contributed by atoms with van der Waals surface area (Å²) in [5.41, 5.74) is 7.77. The molecular formula is C18H43N3. The molecule has 0 heterocycles. The number of rotatable bonds is 11. The van der Waals surface area contributed by atoms with Gasteiger partial charge in [-0.3, -0.25) is 0 Å². The Kier molecular flexibility index (Phi) is 16.2. The van der Waals surface area contributed by atoms with E-state index in [4.69, 9.17) is 5.73 Å². The lowest BCUT2D eigenvalue weighted by atomic mass is 10.2. The lowest BCUT2D eigenvalue weighted by molar-refractivity contribution is 0.565. The molecule has 0 saturated heterocycles. The van der Waals surface area contributed by atoms with Crippen molar-refractivity contribution >= 4 is 5.69 Å². The van der Waals surface area contributed by atoms with E-state index in [1.54, 1.807) is 0 Å². The second-order valence-electron chi connectivity index (χ2n) is 5.08. The Morgan fingerprint density at radius 2 is 1.48 bits per heavy atom. The molecule has 4 N–H and O–H groups in total. The molecule has 0 atom stereocenters. The van der Waals surface area contributed by atoms with Gasteiger partial charge in [0.1, 0.15) is 0 Å². The van der Waals surface area contributed by atoms with Crippen LogP contribution in [0.25, 0.3) is 0 Å². The third-order valence-corrected chi connectivity index (χ3v) is 3.22. The van der Waals surface area contributed by atoms with Crippen molar-refractivity contribution < 1.29 is 4.28 Å². The van der Waals surface area contributed by atoms with Crippen molar-refractivity contribution in [3.8, 4) is 0 Å². The number of hydrogen-bond donors (Lipinski definition) is 3. The Bertz CT molecular complexity index is 322. The van der Waals surface area contributed by atoms with Crippen LogP contribution in [0.2, 0.25) is 0 Å². The van der Waals surface area contributed by atoms with Crippen molar-refractivity contribution in [2.24, 2.45) is 0 Å². The third kappa shape index (κ3) is 12.4. The van der Waals surface area contributed by atoms with Crippen molar-refractivity contribution in [2.45, 2.75) is 60.4 Å². The number of nitrogens with one attached hydrogen (secondary N) is 2. The van der Waals surface area contributed by atoms with Crippen LogP contribution in [0.1, 0.15) is 63.7 Å². The Labute approximate surface area is 137 Å². The zero-order valence-corrected chi connectivity index (χ0v) is 12.3. The molecule has 21 heavy (non-hydrogen) atoms. The number of nitrogens with two attached hydrogens (primary N) is 1. The molecule has 1 aromatic carbocycles. The summed E-state index contributed by atoms with van der Waals surface area (Å²) < 4.78 is 0. The molecule has 0 unspecified atom stereocenters. The van der Waals surface area contributed by atoms with E-state index in [0.717, 1.165) is 31.9 Å². The molecule has 0 aromatic heterocycles. The maximum absolute atomic E-state index is 5.65. The number of nitrogen functional groups attached to an aromatic ring is 1. The minimum atomic E-state index is 0. The number of unbranched alkanes of at least 4 members (excludes halogenated alkanes) is 3. The predicted molar refractivity (Wildman–Crippen MR) is 104 cm³/mol. The van der Waals surface area contributed by atoms with E-state index in [1.807, 2.05) is 12.1 Å². The van der Waals surface area contributed by atoms with Crippen LogP contribution < -0.4 is 16.4 Å². The molecule has 0 radical (unpaired) electrons. The quantitative estimate of drug-likeness (QED) is 0.401. The minimum Gasteiger partial charge on any atom is -0.399 e. The molecule has 3 heteroatoms. The molecule has 0 aliphatic carbocycles. The molecule has 1 rings (SSSR count). The zero-order valence-electron chi connectivity index (χ0n) is 12.3. The summed E-state index contributed by atoms with van der Waals surface area (Å²) in [5, 5.41) is 6.95. The lowest BCUT2D eigenvalue weighted by Gasteiger charge is -2.06. The largest absolute Gasteiger partial charge is 0.399 e. The molecule has 130 valence electrons. The SMILES string of the molecule is C.C.CCCCCCNCCCNCc1ccc(N)cc1.[HH].[HH].[HH]. The highest BCUT2D eigenvalue weighted by atomic mass is 14.9. The molecule has 3 nitrogen and oxygen atoms in total. The first kappa shape index (κ1) is 22.2. The maximum Gasteiger partial charge on any atom is 0.0314 e. The van der Waals surface area contributed by atoms with Crippen LogP contribution in [-0.2, 0) is 6.54 Å². The fraction of sp³-hybridized carbons (Fsp3) is 0.667. The van der Waals surface area contributed by atoms with E-state index in [1.165, 1.54) is 37.7 Å². The minimum absolute atomic E-state index is 0. The standard InChI is InChI=1S/C16H29N3.2CH4.3H2/c1-2-3-4-5-11-18-12-6-13-19-14-15-7-9-16(17)10-8-15;;;;;/h7-10,18-19H,2-6,11-14,17H2,1H3;2*1H4;3*1H. The Hall–Kier alpha value is -1.06. The zero-order chi connectivity index (χ0) is 13.8. The normalized spacial score (nSPS) is 9.76. The van der Waals surface area contributed by atoms with Gasteiger partial charge in [-0.2, -0.15) is 0 Å². The van der Waals surface area contributed by atoms with Gasteiger partial charge in [0.2, 0.25) is 0 Å². The highest BCUT2D eigenvalue weighted by Crippen LogP contribution is 2.04. The highest BCUT2D eigenvalue weighted by molar-refractivity contribution is 5.39. The monoisotopic (exact) mass is 301 g/mol. The van der Waals surface area contributed by atoms with Crippen LogP contribution in [0.5, 0.6) is 0 Å². The second kappa shape index (κ2) is 15.3. The summed E-state index contributed by atoms with van der Waals surface area (Å²) >= 11 is 0. The molecule has 0 amide bonds. The van der Waals surface area contributed by atoms with Gasteiger partial charge in [0.05, 0.1) is 0 Å². The van der Waals surface area contributed by atoms with E-state index in [9.17, 15) is 0 Å². The van der Waals surface area contributed by atoms with Gasteiger partial charge in [-0.25, -0.2) is 0 Å². The van der Waals surface area contributed by atoms with E-state index < -0.39 is 0 Å². The fourth-order valence-corrected chi connectivity index (χ4v) is 2.01. The van der Waals surface area contributed by atoms with Gasteiger partial charge in [0.25, 0.3) is 0 Å². The first-order chi connectivity index (χ1) is 9.33. The third-order valence-electron chi connectivity index (χ3n) is 3.22. The van der Waals surface area contributed by atoms with Crippen LogP contribution in [0, 0.1) is 0 Å². The van der Waals surface area contributed by atoms with E-state index >= 15 is 0 Å². The lowest BCUT2D eigenvalue weighted by Crippen LogP contribution is -2.22. The smallest absolute Gasteiger partial charge is 0.0314 e. The summed E-state index contributed by atoms with van der Waals surface area (Å²) in [5.74, 6) is 0. The van der Waals surface area contributed by atoms with Crippen LogP contribution in [0.4, 0.5) is 5.69 Å². The molecule has 0 bridgehead atoms. The Morgan fingerprint density at radius 3 is 2.14 bits per heavy atom. The van der Waals surface area contributed by atoms with Crippen molar-refractivity contribution in [1.29, 1.82) is 0 Å². The summed E-state index contributed by atoms with van der Waals surface area (Å²) in [4.78, 5) is 0. The first-order valence-electron chi connectivity index (χ1n) is 7.58. The number of hydrogen-bond acceptors (Lipinski definition) is 3. The number of anilines is 1. The van der Waals surface area contributed by atoms with Crippen LogP contribution in [-0.4, -0.2) is 19.6 Å². The predicted octanol–water partition coefficient (Wildman–Crippen LogP) is 4.93. The van der Waals surface area contributed by atoms with Crippen LogP contribution in [0.3, 0.4) is 0 Å². The van der Waals surface area contributed by atoms with E-state index in [-0.39, 0.29) is 19.1 Å². The average molecular weight is 302 g/mol. The van der Waals surface area contributed by atoms with Crippen molar-refractivity contribution in [1.82, 2.24) is 10.6 Å². The highest BCUT2D eigenvalue weighted by Gasteiger charge is 1.93. The molecular weight excluding hydrogens is 258 g/mol. The van der Waals surface area contributed by atoms with Gasteiger partial charge >= 0.3 is 0 Å². The van der Waals surface area contributed by atoms with Gasteiger partial charge < -0.3 is 16.4 Å². The summed E-state index contributed by atoms with van der Waals surface area (Å²) in [7, 11) is 0. The van der Waals surface area contributed by atoms with E-state index in [0.29, 0.717) is 0 Å². The summed E-state index contributed by atoms with van der Waals surface area (Å²) in [6, 6.07) is 8.06. The molecule has 0 fully saturated rings. The van der Waals surface area contributed by atoms with Gasteiger partial charge in [-0.1, -0.05) is 53.2 Å². The van der Waals surface area contributed by atoms with Crippen LogP contribution >= 0.6 is 0 Å². The summed E-state index contributed by atoms with van der Waals surface area (Å²) in [6.07, 6.45) is 6.54. The fourth-order valence-electron chi connectivity index (χ4n) is 2.01. The topological polar surface area (TPSA) is 50.1 Å². The Balaban J connectivity index is -0.000000241. The van der Waals surface area contributed by atoms with Crippen molar-refractivity contribution in [2.75, 3.05) is 25.4 Å². The molecule has 0 aliphatic heterocycles. The molecule has 1 aromatic rings. The van der Waals surface area contributed by atoms with Crippen LogP contribution in [0.15, 0.2) is 24.3 Å². The van der Waals surface area contributed by atoms with Gasteiger partial charge in [-0.15, -0.1) is 0 Å². The molecule has 0 aliphatic rings. The second-order valence-corrected chi connectivity index (χ2v) is 5.08. The van der Waals surface area contributed by atoms with Crippen molar-refractivity contribution in [3.05, 3.63) is 29.8 Å². The van der Waals surface area contributed by atoms with Gasteiger partial charge in [0, 0.05) is 16.5 Å². The molecule has 0 saturated carbocycles. The van der Waals surface area contributed by atoms with E-state index in [2.05, 4.69) is 29.7 Å². The summed E-state index contributed by atoms with van der Waals surface area (Å²) in [6.45, 7) is 6.52. The number of benzene rings is 1. The van der Waals surface area contributed by atoms with Gasteiger partial charge in [0.15, 0.2) is 0 Å². The maximum atomic E-state index is 5.65. The van der Waals surface area contributed by atoms with Crippen molar-refractivity contribution in [3.63, 3.8) is 0 Å². The molecule has 0 spiro atoms. The van der Waals surface area contributed by atoms with Gasteiger partial charge in [-0.05, 0) is 50.2 Å². The Morgan fingerprint density at radius 1 is 0.857 bits per heavy atom. The first-order valence-corrected chi connectivity index (χ1v) is 7.58. The average Bonchev–Trinajstić information content (AvgIpc) is 2.43.